The Balaban J connectivity index is 2.60. The predicted octanol–water partition coefficient (Wildman–Crippen LogP) is -0.684. The molecule has 0 saturated carbocycles. The summed E-state index contributed by atoms with van der Waals surface area (Å²) in [5.41, 5.74) is 0.675. The van der Waals surface area contributed by atoms with Crippen molar-refractivity contribution in [2.75, 3.05) is 12.9 Å². The van der Waals surface area contributed by atoms with E-state index in [4.69, 9.17) is 4.74 Å². The van der Waals surface area contributed by atoms with Gasteiger partial charge in [0.25, 0.3) is 10.1 Å². The van der Waals surface area contributed by atoms with Crippen LogP contribution < -0.4 is 10.1 Å². The Bertz CT molecular complexity index is 684. The third kappa shape index (κ3) is 8.07. The fourth-order valence-corrected chi connectivity index (χ4v) is 2.50. The second kappa shape index (κ2) is 9.47. The first-order valence-electron chi connectivity index (χ1n) is 7.34. The van der Waals surface area contributed by atoms with Crippen LogP contribution in [0.1, 0.15) is 18.9 Å². The molecule has 0 aromatic heterocycles. The minimum atomic E-state index is -3.73. The van der Waals surface area contributed by atoms with Crippen molar-refractivity contribution >= 4 is 22.0 Å². The Morgan fingerprint density at radius 3 is 2.28 bits per heavy atom. The van der Waals surface area contributed by atoms with Gasteiger partial charge in [-0.25, -0.2) is 0 Å². The van der Waals surface area contributed by atoms with Crippen molar-refractivity contribution in [3.05, 3.63) is 29.8 Å². The second-order valence-corrected chi connectivity index (χ2v) is 7.08. The van der Waals surface area contributed by atoms with Crippen LogP contribution in [0.25, 0.3) is 0 Å². The van der Waals surface area contributed by atoms with Gasteiger partial charge in [-0.3, -0.25) is 13.8 Å². The van der Waals surface area contributed by atoms with Gasteiger partial charge in [0, 0.05) is 6.92 Å². The van der Waals surface area contributed by atoms with Gasteiger partial charge in [0.1, 0.15) is 5.75 Å². The summed E-state index contributed by atoms with van der Waals surface area (Å²) in [5, 5.41) is 20.9. The van der Waals surface area contributed by atoms with Gasteiger partial charge < -0.3 is 20.3 Å². The molecule has 0 fully saturated rings. The van der Waals surface area contributed by atoms with Gasteiger partial charge in [0.2, 0.25) is 5.91 Å². The molecule has 1 unspecified atom stereocenters. The predicted molar refractivity (Wildman–Crippen MR) is 87.0 cm³/mol. The van der Waals surface area contributed by atoms with Crippen LogP contribution in [-0.4, -0.2) is 55.7 Å². The number of benzene rings is 1. The summed E-state index contributed by atoms with van der Waals surface area (Å²) < 4.78 is 31.5. The first-order valence-corrected chi connectivity index (χ1v) is 8.92. The summed E-state index contributed by atoms with van der Waals surface area (Å²) in [7, 11) is -2.72. The second-order valence-electron chi connectivity index (χ2n) is 5.22. The molecule has 10 heteroatoms. The highest BCUT2D eigenvalue weighted by Crippen LogP contribution is 2.15. The SMILES string of the molecule is COS(=O)(=O)CCC(=O)Oc1ccc(CC(NC(C)=O)C(O)O)cc1. The minimum absolute atomic E-state index is 0.164. The van der Waals surface area contributed by atoms with E-state index in [1.165, 1.54) is 19.1 Å². The topological polar surface area (TPSA) is 139 Å². The maximum Gasteiger partial charge on any atom is 0.312 e. The lowest BCUT2D eigenvalue weighted by atomic mass is 10.1. The van der Waals surface area contributed by atoms with Gasteiger partial charge in [-0.2, -0.15) is 8.42 Å². The Morgan fingerprint density at radius 1 is 1.20 bits per heavy atom. The molecule has 1 atom stereocenters. The van der Waals surface area contributed by atoms with Crippen LogP contribution in [0.15, 0.2) is 24.3 Å². The van der Waals surface area contributed by atoms with Gasteiger partial charge in [0.05, 0.1) is 25.3 Å². The summed E-state index contributed by atoms with van der Waals surface area (Å²) in [6, 6.07) is 5.27. The Morgan fingerprint density at radius 2 is 1.80 bits per heavy atom. The van der Waals surface area contributed by atoms with Crippen LogP contribution in [0.4, 0.5) is 0 Å². The molecule has 3 N–H and O–H groups in total. The summed E-state index contributed by atoms with van der Waals surface area (Å²) in [5.74, 6) is -1.39. The van der Waals surface area contributed by atoms with E-state index in [1.54, 1.807) is 12.1 Å². The Hall–Kier alpha value is -2.01. The number of esters is 1. The van der Waals surface area contributed by atoms with Gasteiger partial charge in [-0.1, -0.05) is 12.1 Å². The highest BCUT2D eigenvalue weighted by Gasteiger charge is 2.18. The lowest BCUT2D eigenvalue weighted by Gasteiger charge is -2.19. The van der Waals surface area contributed by atoms with E-state index in [0.29, 0.717) is 5.56 Å². The molecule has 0 radical (unpaired) electrons. The molecular formula is C15H21NO8S. The summed E-state index contributed by atoms with van der Waals surface area (Å²) >= 11 is 0. The molecule has 0 bridgehead atoms. The Labute approximate surface area is 145 Å². The smallest absolute Gasteiger partial charge is 0.312 e. The zero-order chi connectivity index (χ0) is 19.0. The third-order valence-electron chi connectivity index (χ3n) is 3.17. The van der Waals surface area contributed by atoms with Crippen LogP contribution in [0.2, 0.25) is 0 Å². The maximum absolute atomic E-state index is 11.6. The fourth-order valence-electron chi connectivity index (χ4n) is 1.91. The van der Waals surface area contributed by atoms with Gasteiger partial charge >= 0.3 is 5.97 Å². The van der Waals surface area contributed by atoms with E-state index >= 15 is 0 Å². The number of hydrogen-bond acceptors (Lipinski definition) is 8. The van der Waals surface area contributed by atoms with Crippen molar-refractivity contribution in [2.24, 2.45) is 0 Å². The number of carbonyl (C=O) groups excluding carboxylic acids is 2. The lowest BCUT2D eigenvalue weighted by Crippen LogP contribution is -2.43. The van der Waals surface area contributed by atoms with E-state index < -0.39 is 40.1 Å². The molecule has 1 aromatic rings. The van der Waals surface area contributed by atoms with Crippen LogP contribution >= 0.6 is 0 Å². The lowest BCUT2D eigenvalue weighted by molar-refractivity contribution is -0.134. The molecule has 9 nitrogen and oxygen atoms in total. The molecule has 0 heterocycles. The van der Waals surface area contributed by atoms with Gasteiger partial charge in [-0.15, -0.1) is 0 Å². The quantitative estimate of drug-likeness (QED) is 0.223. The number of ether oxygens (including phenoxy) is 1. The number of rotatable bonds is 9. The number of carbonyl (C=O) groups is 2. The van der Waals surface area contributed by atoms with Crippen molar-refractivity contribution < 1.29 is 37.1 Å². The van der Waals surface area contributed by atoms with Crippen molar-refractivity contribution in [3.8, 4) is 5.75 Å². The molecule has 140 valence electrons. The first-order chi connectivity index (χ1) is 11.6. The zero-order valence-electron chi connectivity index (χ0n) is 13.8. The van der Waals surface area contributed by atoms with Crippen molar-refractivity contribution in [1.82, 2.24) is 5.32 Å². The monoisotopic (exact) mass is 375 g/mol. The Kier molecular flexibility index (Phi) is 7.97. The number of amides is 1. The van der Waals surface area contributed by atoms with Crippen molar-refractivity contribution in [1.29, 1.82) is 0 Å². The van der Waals surface area contributed by atoms with E-state index in [1.807, 2.05) is 0 Å². The molecule has 0 saturated heterocycles. The minimum Gasteiger partial charge on any atom is -0.427 e. The van der Waals surface area contributed by atoms with Crippen LogP contribution in [0, 0.1) is 0 Å². The molecule has 1 aromatic carbocycles. The largest absolute Gasteiger partial charge is 0.427 e. The molecule has 0 aliphatic rings. The van der Waals surface area contributed by atoms with Gasteiger partial charge in [-0.05, 0) is 24.1 Å². The van der Waals surface area contributed by atoms with E-state index in [2.05, 4.69) is 9.50 Å². The molecule has 1 amide bonds. The maximum atomic E-state index is 11.6. The van der Waals surface area contributed by atoms with Crippen molar-refractivity contribution in [3.63, 3.8) is 0 Å². The van der Waals surface area contributed by atoms with E-state index in [0.717, 1.165) is 7.11 Å². The molecule has 25 heavy (non-hydrogen) atoms. The van der Waals surface area contributed by atoms with Crippen LogP contribution in [0.5, 0.6) is 5.75 Å². The standard InChI is InChI=1S/C15H21NO8S/c1-10(17)16-13(15(19)20)9-11-3-5-12(6-4-11)24-14(18)7-8-25(21,22)23-2/h3-6,13,15,19-20H,7-9H2,1-2H3,(H,16,17). The van der Waals surface area contributed by atoms with E-state index in [9.17, 15) is 28.2 Å². The fraction of sp³-hybridized carbons (Fsp3) is 0.467. The summed E-state index contributed by atoms with van der Waals surface area (Å²) in [4.78, 5) is 22.6. The first kappa shape index (κ1) is 21.0. The highest BCUT2D eigenvalue weighted by molar-refractivity contribution is 7.86. The number of aliphatic hydroxyl groups is 2. The number of hydrogen-bond donors (Lipinski definition) is 3. The molecule has 0 spiro atoms. The molecule has 1 rings (SSSR count). The molecule has 0 aliphatic carbocycles. The number of aliphatic hydroxyl groups excluding tert-OH is 1. The van der Waals surface area contributed by atoms with Crippen molar-refractivity contribution in [2.45, 2.75) is 32.1 Å². The summed E-state index contributed by atoms with van der Waals surface area (Å²) in [6.45, 7) is 1.27. The molecular weight excluding hydrogens is 354 g/mol. The normalized spacial score (nSPS) is 12.7. The average molecular weight is 375 g/mol. The number of nitrogens with one attached hydrogen (secondary N) is 1. The van der Waals surface area contributed by atoms with Gasteiger partial charge in [0.15, 0.2) is 6.29 Å². The summed E-state index contributed by atoms with van der Waals surface area (Å²) in [6.07, 6.45) is -1.90. The van der Waals surface area contributed by atoms with Crippen LogP contribution in [-0.2, 0) is 30.3 Å². The molecule has 0 aliphatic heterocycles. The third-order valence-corrected chi connectivity index (χ3v) is 4.38. The highest BCUT2D eigenvalue weighted by atomic mass is 32.2. The van der Waals surface area contributed by atoms with E-state index in [-0.39, 0.29) is 18.6 Å². The zero-order valence-corrected chi connectivity index (χ0v) is 14.7. The van der Waals surface area contributed by atoms with Crippen LogP contribution in [0.3, 0.4) is 0 Å². The average Bonchev–Trinajstić information content (AvgIpc) is 2.54.